The summed E-state index contributed by atoms with van der Waals surface area (Å²) in [6.07, 6.45) is 1.62. The van der Waals surface area contributed by atoms with Crippen molar-refractivity contribution in [3.05, 3.63) is 29.8 Å². The molecule has 5 nitrogen and oxygen atoms in total. The summed E-state index contributed by atoms with van der Waals surface area (Å²) in [7, 11) is 3.94. The Morgan fingerprint density at radius 1 is 1.15 bits per heavy atom. The Morgan fingerprint density at radius 3 is 2.50 bits per heavy atom. The predicted molar refractivity (Wildman–Crippen MR) is 80.6 cm³/mol. The van der Waals surface area contributed by atoms with Gasteiger partial charge in [0.05, 0.1) is 0 Å². The first-order chi connectivity index (χ1) is 9.54. The second kappa shape index (κ2) is 8.32. The molecule has 5 heteroatoms. The molecule has 0 spiro atoms. The fourth-order valence-corrected chi connectivity index (χ4v) is 1.81. The van der Waals surface area contributed by atoms with E-state index in [1.807, 2.05) is 44.1 Å². The zero-order valence-corrected chi connectivity index (χ0v) is 12.4. The third-order valence-corrected chi connectivity index (χ3v) is 2.92. The number of benzene rings is 1. The normalized spacial score (nSPS) is 10.4. The third kappa shape index (κ3) is 5.40. The smallest absolute Gasteiger partial charge is 0.313 e. The maximum Gasteiger partial charge on any atom is 0.313 e. The third-order valence-electron chi connectivity index (χ3n) is 2.92. The number of aryl methyl sites for hydroxylation is 1. The second-order valence-corrected chi connectivity index (χ2v) is 4.88. The van der Waals surface area contributed by atoms with Crippen molar-refractivity contribution < 1.29 is 9.59 Å². The molecule has 0 bridgehead atoms. The molecule has 20 heavy (non-hydrogen) atoms. The highest BCUT2D eigenvalue weighted by atomic mass is 16.2. The summed E-state index contributed by atoms with van der Waals surface area (Å²) in [6, 6.07) is 7.49. The minimum absolute atomic E-state index is 0.500. The van der Waals surface area contributed by atoms with Crippen molar-refractivity contribution in [2.24, 2.45) is 0 Å². The maximum atomic E-state index is 11.8. The largest absolute Gasteiger partial charge is 0.348 e. The van der Waals surface area contributed by atoms with Gasteiger partial charge in [-0.2, -0.15) is 0 Å². The molecule has 110 valence electrons. The average Bonchev–Trinajstić information content (AvgIpc) is 2.43. The van der Waals surface area contributed by atoms with E-state index in [2.05, 4.69) is 10.6 Å². The first-order valence-electron chi connectivity index (χ1n) is 6.86. The number of para-hydroxylation sites is 1. The van der Waals surface area contributed by atoms with Crippen molar-refractivity contribution in [1.29, 1.82) is 0 Å². The van der Waals surface area contributed by atoms with E-state index in [1.165, 1.54) is 0 Å². The van der Waals surface area contributed by atoms with E-state index in [0.29, 0.717) is 12.2 Å². The van der Waals surface area contributed by atoms with Gasteiger partial charge in [0.15, 0.2) is 0 Å². The summed E-state index contributed by atoms with van der Waals surface area (Å²) in [5.41, 5.74) is 1.71. The molecule has 2 amide bonds. The van der Waals surface area contributed by atoms with E-state index < -0.39 is 11.8 Å². The molecule has 0 saturated heterocycles. The van der Waals surface area contributed by atoms with Crippen LogP contribution in [-0.4, -0.2) is 43.9 Å². The van der Waals surface area contributed by atoms with Gasteiger partial charge in [0, 0.05) is 12.2 Å². The molecule has 1 aromatic rings. The summed E-state index contributed by atoms with van der Waals surface area (Å²) in [5, 5.41) is 5.27. The van der Waals surface area contributed by atoms with Gasteiger partial charge in [-0.1, -0.05) is 25.1 Å². The Bertz CT molecular complexity index is 458. The van der Waals surface area contributed by atoms with Gasteiger partial charge in [-0.25, -0.2) is 0 Å². The standard InChI is InChI=1S/C15H23N3O2/c1-4-12-8-5-6-9-13(12)17-15(20)14(19)16-10-7-11-18(2)3/h5-6,8-9H,4,7,10-11H2,1-3H3,(H,16,19)(H,17,20). The SMILES string of the molecule is CCc1ccccc1NC(=O)C(=O)NCCCN(C)C. The van der Waals surface area contributed by atoms with Crippen LogP contribution in [0.2, 0.25) is 0 Å². The van der Waals surface area contributed by atoms with E-state index in [4.69, 9.17) is 0 Å². The van der Waals surface area contributed by atoms with Gasteiger partial charge in [-0.3, -0.25) is 9.59 Å². The molecule has 0 aliphatic carbocycles. The second-order valence-electron chi connectivity index (χ2n) is 4.88. The molecule has 1 aromatic carbocycles. The van der Waals surface area contributed by atoms with E-state index in [1.54, 1.807) is 6.07 Å². The molecule has 1 rings (SSSR count). The maximum absolute atomic E-state index is 11.8. The highest BCUT2D eigenvalue weighted by Crippen LogP contribution is 2.14. The predicted octanol–water partition coefficient (Wildman–Crippen LogP) is 1.26. The topological polar surface area (TPSA) is 61.4 Å². The number of anilines is 1. The van der Waals surface area contributed by atoms with Crippen LogP contribution in [0.3, 0.4) is 0 Å². The number of nitrogens with one attached hydrogen (secondary N) is 2. The van der Waals surface area contributed by atoms with Crippen LogP contribution in [0.15, 0.2) is 24.3 Å². The van der Waals surface area contributed by atoms with Gasteiger partial charge in [0.25, 0.3) is 0 Å². The summed E-state index contributed by atoms with van der Waals surface area (Å²) in [4.78, 5) is 25.5. The molecule has 2 N–H and O–H groups in total. The van der Waals surface area contributed by atoms with Crippen molar-refractivity contribution >= 4 is 17.5 Å². The van der Waals surface area contributed by atoms with Crippen LogP contribution in [0, 0.1) is 0 Å². The van der Waals surface area contributed by atoms with Crippen LogP contribution in [0.4, 0.5) is 5.69 Å². The van der Waals surface area contributed by atoms with Crippen molar-refractivity contribution in [1.82, 2.24) is 10.2 Å². The first-order valence-corrected chi connectivity index (χ1v) is 6.86. The highest BCUT2D eigenvalue weighted by Gasteiger charge is 2.14. The van der Waals surface area contributed by atoms with Crippen molar-refractivity contribution in [3.8, 4) is 0 Å². The van der Waals surface area contributed by atoms with E-state index in [0.717, 1.165) is 24.9 Å². The highest BCUT2D eigenvalue weighted by molar-refractivity contribution is 6.39. The lowest BCUT2D eigenvalue weighted by molar-refractivity contribution is -0.136. The number of hydrogen-bond acceptors (Lipinski definition) is 3. The van der Waals surface area contributed by atoms with Gasteiger partial charge in [0.1, 0.15) is 0 Å². The Labute approximate surface area is 120 Å². The molecule has 0 aliphatic heterocycles. The fraction of sp³-hybridized carbons (Fsp3) is 0.467. The molecule has 0 fully saturated rings. The number of hydrogen-bond donors (Lipinski definition) is 2. The zero-order valence-electron chi connectivity index (χ0n) is 12.4. The number of nitrogens with zero attached hydrogens (tertiary/aromatic N) is 1. The van der Waals surface area contributed by atoms with Crippen LogP contribution in [0.5, 0.6) is 0 Å². The lowest BCUT2D eigenvalue weighted by Gasteiger charge is -2.11. The molecule has 0 radical (unpaired) electrons. The lowest BCUT2D eigenvalue weighted by Crippen LogP contribution is -2.36. The van der Waals surface area contributed by atoms with Gasteiger partial charge in [-0.05, 0) is 45.1 Å². The minimum Gasteiger partial charge on any atom is -0.348 e. The quantitative estimate of drug-likeness (QED) is 0.608. The van der Waals surface area contributed by atoms with Gasteiger partial charge in [-0.15, -0.1) is 0 Å². The van der Waals surface area contributed by atoms with Crippen LogP contribution in [0.1, 0.15) is 18.9 Å². The van der Waals surface area contributed by atoms with Gasteiger partial charge >= 0.3 is 11.8 Å². The van der Waals surface area contributed by atoms with Crippen molar-refractivity contribution in [3.63, 3.8) is 0 Å². The zero-order chi connectivity index (χ0) is 15.0. The number of amides is 2. The molecular weight excluding hydrogens is 254 g/mol. The van der Waals surface area contributed by atoms with E-state index in [9.17, 15) is 9.59 Å². The Hall–Kier alpha value is -1.88. The van der Waals surface area contributed by atoms with Crippen LogP contribution >= 0.6 is 0 Å². The van der Waals surface area contributed by atoms with E-state index >= 15 is 0 Å². The van der Waals surface area contributed by atoms with Crippen LogP contribution < -0.4 is 10.6 Å². The number of carbonyl (C=O) groups excluding carboxylic acids is 2. The van der Waals surface area contributed by atoms with Crippen LogP contribution in [-0.2, 0) is 16.0 Å². The molecule has 0 aromatic heterocycles. The average molecular weight is 277 g/mol. The number of rotatable bonds is 6. The van der Waals surface area contributed by atoms with Gasteiger partial charge in [0.2, 0.25) is 0 Å². The Kier molecular flexibility index (Phi) is 6.73. The molecule has 0 aliphatic rings. The molecule has 0 heterocycles. The van der Waals surface area contributed by atoms with Crippen molar-refractivity contribution in [2.45, 2.75) is 19.8 Å². The van der Waals surface area contributed by atoms with E-state index in [-0.39, 0.29) is 0 Å². The van der Waals surface area contributed by atoms with Crippen molar-refractivity contribution in [2.75, 3.05) is 32.5 Å². The number of carbonyl (C=O) groups is 2. The summed E-state index contributed by atoms with van der Waals surface area (Å²) in [6.45, 7) is 3.38. The molecular formula is C15H23N3O2. The monoisotopic (exact) mass is 277 g/mol. The lowest BCUT2D eigenvalue weighted by atomic mass is 10.1. The summed E-state index contributed by atoms with van der Waals surface area (Å²) >= 11 is 0. The van der Waals surface area contributed by atoms with Gasteiger partial charge < -0.3 is 15.5 Å². The fourth-order valence-electron chi connectivity index (χ4n) is 1.81. The minimum atomic E-state index is -0.615. The Balaban J connectivity index is 2.43. The molecule has 0 atom stereocenters. The molecule has 0 saturated carbocycles. The summed E-state index contributed by atoms with van der Waals surface area (Å²) < 4.78 is 0. The summed E-state index contributed by atoms with van der Waals surface area (Å²) in [5.74, 6) is -1.20. The van der Waals surface area contributed by atoms with Crippen LogP contribution in [0.25, 0.3) is 0 Å². The Morgan fingerprint density at radius 2 is 1.85 bits per heavy atom. The first kappa shape index (κ1) is 16.2. The molecule has 0 unspecified atom stereocenters.